The molecule has 0 aliphatic carbocycles. The molecule has 2 aromatic carbocycles. The standard InChI is InChI=1S/C21H18ClFN6O2/c1-27-18-17(19(30)28(2)21(27)31)29(12-14-5-3-4-6-16(14)22)20(25-18)26-24-11-13-7-9-15(23)10-8-13/h3-11H,12H2,1-2H3,(H,25,26)/b24-11+. The maximum Gasteiger partial charge on any atom is 0.332 e. The lowest BCUT2D eigenvalue weighted by molar-refractivity contribution is 0.628. The molecule has 0 fully saturated rings. The van der Waals surface area contributed by atoms with E-state index in [0.717, 1.165) is 10.1 Å². The number of nitrogens with one attached hydrogen (secondary N) is 1. The van der Waals surface area contributed by atoms with Crippen molar-refractivity contribution in [2.75, 3.05) is 5.43 Å². The van der Waals surface area contributed by atoms with Crippen LogP contribution in [0, 0.1) is 5.82 Å². The first kappa shape index (κ1) is 20.5. The van der Waals surface area contributed by atoms with Crippen LogP contribution in [0.3, 0.4) is 0 Å². The average molecular weight is 441 g/mol. The molecule has 31 heavy (non-hydrogen) atoms. The fraction of sp³-hybridized carbons (Fsp3) is 0.143. The first-order chi connectivity index (χ1) is 14.9. The summed E-state index contributed by atoms with van der Waals surface area (Å²) < 4.78 is 17.0. The average Bonchev–Trinajstić information content (AvgIpc) is 3.12. The SMILES string of the molecule is Cn1c(=O)c2c(nc(N/N=C/c3ccc(F)cc3)n2Cc2ccccc2Cl)n(C)c1=O. The van der Waals surface area contributed by atoms with Crippen LogP contribution in [0.5, 0.6) is 0 Å². The van der Waals surface area contributed by atoms with Gasteiger partial charge in [-0.1, -0.05) is 41.9 Å². The highest BCUT2D eigenvalue weighted by Crippen LogP contribution is 2.22. The number of aryl methyl sites for hydroxylation is 1. The molecule has 0 saturated carbocycles. The molecule has 4 rings (SSSR count). The van der Waals surface area contributed by atoms with E-state index in [1.54, 1.807) is 29.8 Å². The highest BCUT2D eigenvalue weighted by Gasteiger charge is 2.19. The van der Waals surface area contributed by atoms with E-state index in [2.05, 4.69) is 15.5 Å². The molecule has 0 aliphatic heterocycles. The molecule has 2 aromatic heterocycles. The van der Waals surface area contributed by atoms with E-state index in [4.69, 9.17) is 11.6 Å². The molecule has 0 bridgehead atoms. The Kier molecular flexibility index (Phi) is 5.43. The third kappa shape index (κ3) is 3.87. The normalized spacial score (nSPS) is 11.5. The summed E-state index contributed by atoms with van der Waals surface area (Å²) in [6.07, 6.45) is 1.50. The molecule has 2 heterocycles. The van der Waals surface area contributed by atoms with Crippen molar-refractivity contribution in [2.45, 2.75) is 6.54 Å². The maximum absolute atomic E-state index is 13.1. The van der Waals surface area contributed by atoms with Crippen molar-refractivity contribution in [3.05, 3.63) is 91.3 Å². The van der Waals surface area contributed by atoms with Crippen molar-refractivity contribution in [1.82, 2.24) is 18.7 Å². The van der Waals surface area contributed by atoms with Gasteiger partial charge in [-0.2, -0.15) is 10.1 Å². The van der Waals surface area contributed by atoms with Crippen LogP contribution in [0.2, 0.25) is 5.02 Å². The summed E-state index contributed by atoms with van der Waals surface area (Å²) >= 11 is 6.32. The molecule has 1 N–H and O–H groups in total. The number of hydrogen-bond donors (Lipinski definition) is 1. The fourth-order valence-electron chi connectivity index (χ4n) is 3.20. The van der Waals surface area contributed by atoms with Crippen LogP contribution in [0.4, 0.5) is 10.3 Å². The van der Waals surface area contributed by atoms with Gasteiger partial charge in [-0.25, -0.2) is 14.6 Å². The Morgan fingerprint density at radius 2 is 1.81 bits per heavy atom. The summed E-state index contributed by atoms with van der Waals surface area (Å²) in [4.78, 5) is 29.7. The molecule has 8 nitrogen and oxygen atoms in total. The highest BCUT2D eigenvalue weighted by molar-refractivity contribution is 6.31. The zero-order valence-electron chi connectivity index (χ0n) is 16.7. The van der Waals surface area contributed by atoms with Crippen LogP contribution in [0.15, 0.2) is 63.2 Å². The van der Waals surface area contributed by atoms with E-state index in [1.807, 2.05) is 18.2 Å². The third-order valence-corrected chi connectivity index (χ3v) is 5.25. The van der Waals surface area contributed by atoms with E-state index >= 15 is 0 Å². The number of nitrogens with zero attached hydrogens (tertiary/aromatic N) is 5. The molecule has 0 saturated heterocycles. The quantitative estimate of drug-likeness (QED) is 0.382. The molecule has 10 heteroatoms. The van der Waals surface area contributed by atoms with Gasteiger partial charge >= 0.3 is 5.69 Å². The summed E-state index contributed by atoms with van der Waals surface area (Å²) in [5.41, 5.74) is 3.76. The Labute approximate surface area is 180 Å². The maximum atomic E-state index is 13.1. The third-order valence-electron chi connectivity index (χ3n) is 4.88. The lowest BCUT2D eigenvalue weighted by atomic mass is 10.2. The molecule has 158 valence electrons. The number of halogens is 2. The van der Waals surface area contributed by atoms with Crippen molar-refractivity contribution in [1.29, 1.82) is 0 Å². The van der Waals surface area contributed by atoms with Crippen LogP contribution in [-0.2, 0) is 20.6 Å². The van der Waals surface area contributed by atoms with Crippen LogP contribution < -0.4 is 16.7 Å². The van der Waals surface area contributed by atoms with Crippen molar-refractivity contribution in [3.63, 3.8) is 0 Å². The minimum absolute atomic E-state index is 0.222. The van der Waals surface area contributed by atoms with Crippen molar-refractivity contribution < 1.29 is 4.39 Å². The Morgan fingerprint density at radius 3 is 2.52 bits per heavy atom. The van der Waals surface area contributed by atoms with Gasteiger partial charge in [-0.15, -0.1) is 0 Å². The number of hydrogen-bond acceptors (Lipinski definition) is 5. The Balaban J connectivity index is 1.83. The first-order valence-electron chi connectivity index (χ1n) is 9.31. The number of fused-ring (bicyclic) bond motifs is 1. The molecule has 0 radical (unpaired) electrons. The van der Waals surface area contributed by atoms with Crippen molar-refractivity contribution >= 4 is 34.9 Å². The smallest absolute Gasteiger partial charge is 0.298 e. The van der Waals surface area contributed by atoms with Gasteiger partial charge in [-0.05, 0) is 29.3 Å². The lowest BCUT2D eigenvalue weighted by Crippen LogP contribution is -2.37. The predicted molar refractivity (Wildman–Crippen MR) is 118 cm³/mol. The van der Waals surface area contributed by atoms with Gasteiger partial charge in [0.2, 0.25) is 5.95 Å². The van der Waals surface area contributed by atoms with Crippen LogP contribution in [0.25, 0.3) is 11.2 Å². The van der Waals surface area contributed by atoms with E-state index in [9.17, 15) is 14.0 Å². The van der Waals surface area contributed by atoms with Crippen molar-refractivity contribution in [2.24, 2.45) is 19.2 Å². The monoisotopic (exact) mass is 440 g/mol. The summed E-state index contributed by atoms with van der Waals surface area (Å²) in [6, 6.07) is 13.1. The van der Waals surface area contributed by atoms with Gasteiger partial charge in [0.1, 0.15) is 5.82 Å². The molecule has 0 unspecified atom stereocenters. The molecule has 0 spiro atoms. The largest absolute Gasteiger partial charge is 0.332 e. The van der Waals surface area contributed by atoms with E-state index in [-0.39, 0.29) is 29.5 Å². The summed E-state index contributed by atoms with van der Waals surface area (Å²) in [7, 11) is 2.96. The topological polar surface area (TPSA) is 86.2 Å². The fourth-order valence-corrected chi connectivity index (χ4v) is 3.39. The molecular weight excluding hydrogens is 423 g/mol. The van der Waals surface area contributed by atoms with E-state index in [0.29, 0.717) is 10.6 Å². The zero-order chi connectivity index (χ0) is 22.1. The molecule has 0 atom stereocenters. The second-order valence-electron chi connectivity index (χ2n) is 6.91. The number of rotatable bonds is 5. The molecule has 0 aliphatic rings. The van der Waals surface area contributed by atoms with Gasteiger partial charge in [0.25, 0.3) is 5.56 Å². The molecule has 4 aromatic rings. The summed E-state index contributed by atoms with van der Waals surface area (Å²) in [6.45, 7) is 0.234. The molecular formula is C21H18ClFN6O2. The van der Waals surface area contributed by atoms with Crippen LogP contribution in [0.1, 0.15) is 11.1 Å². The van der Waals surface area contributed by atoms with Gasteiger partial charge in [0.05, 0.1) is 12.8 Å². The second-order valence-corrected chi connectivity index (χ2v) is 7.32. The summed E-state index contributed by atoms with van der Waals surface area (Å²) in [5.74, 6) is -0.0880. The first-order valence-corrected chi connectivity index (χ1v) is 9.69. The number of hydrazone groups is 1. The number of aromatic nitrogens is 4. The Morgan fingerprint density at radius 1 is 1.10 bits per heavy atom. The second kappa shape index (κ2) is 8.19. The van der Waals surface area contributed by atoms with Crippen LogP contribution >= 0.6 is 11.6 Å². The highest BCUT2D eigenvalue weighted by atomic mass is 35.5. The number of imidazole rings is 1. The minimum atomic E-state index is -0.485. The number of benzene rings is 2. The van der Waals surface area contributed by atoms with Crippen molar-refractivity contribution in [3.8, 4) is 0 Å². The van der Waals surface area contributed by atoms with Gasteiger partial charge < -0.3 is 0 Å². The minimum Gasteiger partial charge on any atom is -0.298 e. The van der Waals surface area contributed by atoms with Gasteiger partial charge in [0.15, 0.2) is 11.2 Å². The van der Waals surface area contributed by atoms with E-state index < -0.39 is 11.2 Å². The van der Waals surface area contributed by atoms with Gasteiger partial charge in [-0.3, -0.25) is 18.5 Å². The predicted octanol–water partition coefficient (Wildman–Crippen LogP) is 2.72. The lowest BCUT2D eigenvalue weighted by Gasteiger charge is -2.10. The summed E-state index contributed by atoms with van der Waals surface area (Å²) in [5, 5.41) is 4.69. The van der Waals surface area contributed by atoms with Crippen LogP contribution in [-0.4, -0.2) is 24.9 Å². The zero-order valence-corrected chi connectivity index (χ0v) is 17.5. The van der Waals surface area contributed by atoms with E-state index in [1.165, 1.54) is 30.0 Å². The number of anilines is 1. The Bertz CT molecular complexity index is 1420. The Hall–Kier alpha value is -3.72. The molecule has 0 amide bonds. The van der Waals surface area contributed by atoms with Gasteiger partial charge in [0, 0.05) is 19.1 Å².